The fourth-order valence-electron chi connectivity index (χ4n) is 2.44. The molecule has 1 aromatic heterocycles. The van der Waals surface area contributed by atoms with E-state index in [-0.39, 0.29) is 17.2 Å². The fraction of sp³-hybridized carbons (Fsp3) is 0.158. The first-order valence-corrected chi connectivity index (χ1v) is 7.47. The molecule has 3 rings (SSSR count). The smallest absolute Gasteiger partial charge is 0.255 e. The molecule has 0 fully saturated rings. The number of nitrogens with one attached hydrogen (secondary N) is 1. The lowest BCUT2D eigenvalue weighted by molar-refractivity contribution is 0.0948. The molecule has 23 heavy (non-hydrogen) atoms. The predicted octanol–water partition coefficient (Wildman–Crippen LogP) is 3.49. The highest BCUT2D eigenvalue weighted by Gasteiger charge is 2.14. The van der Waals surface area contributed by atoms with Crippen LogP contribution in [-0.2, 0) is 6.54 Å². The first-order chi connectivity index (χ1) is 11.0. The Morgan fingerprint density at radius 3 is 2.48 bits per heavy atom. The zero-order chi connectivity index (χ0) is 16.4. The van der Waals surface area contributed by atoms with Crippen molar-refractivity contribution < 1.29 is 9.90 Å². The maximum absolute atomic E-state index is 12.3. The van der Waals surface area contributed by atoms with Crippen molar-refractivity contribution in [3.8, 4) is 5.75 Å². The molecular formula is C19H18N2O2. The van der Waals surface area contributed by atoms with Crippen LogP contribution in [-0.4, -0.2) is 16.0 Å². The van der Waals surface area contributed by atoms with Crippen LogP contribution in [0.5, 0.6) is 5.75 Å². The summed E-state index contributed by atoms with van der Waals surface area (Å²) in [5.41, 5.74) is 3.67. The summed E-state index contributed by atoms with van der Waals surface area (Å²) in [7, 11) is 0. The topological polar surface area (TPSA) is 62.2 Å². The van der Waals surface area contributed by atoms with Crippen LogP contribution in [0, 0.1) is 13.8 Å². The number of fused-ring (bicyclic) bond motifs is 1. The van der Waals surface area contributed by atoms with Gasteiger partial charge in [0.2, 0.25) is 0 Å². The van der Waals surface area contributed by atoms with Crippen molar-refractivity contribution in [2.45, 2.75) is 20.4 Å². The van der Waals surface area contributed by atoms with Gasteiger partial charge in [-0.25, -0.2) is 4.98 Å². The van der Waals surface area contributed by atoms with Gasteiger partial charge in [-0.2, -0.15) is 0 Å². The summed E-state index contributed by atoms with van der Waals surface area (Å²) >= 11 is 0. The summed E-state index contributed by atoms with van der Waals surface area (Å²) in [6.07, 6.45) is 0. The number of phenols is 1. The summed E-state index contributed by atoms with van der Waals surface area (Å²) in [6.45, 7) is 4.28. The van der Waals surface area contributed by atoms with Crippen molar-refractivity contribution in [2.24, 2.45) is 0 Å². The number of hydrogen-bond donors (Lipinski definition) is 2. The standard InChI is InChI=1S/C19H18N2O2/c1-12-3-6-14(7-4-12)11-20-19(23)16-10-9-15-8-5-13(2)21-17(15)18(16)22/h3-10,22H,11H2,1-2H3,(H,20,23). The second-order valence-electron chi connectivity index (χ2n) is 5.65. The number of carbonyl (C=O) groups excluding carboxylic acids is 1. The summed E-state index contributed by atoms with van der Waals surface area (Å²) in [4.78, 5) is 16.7. The number of carbonyl (C=O) groups is 1. The molecule has 0 radical (unpaired) electrons. The van der Waals surface area contributed by atoms with Crippen molar-refractivity contribution >= 4 is 16.8 Å². The van der Waals surface area contributed by atoms with Crippen molar-refractivity contribution in [2.75, 3.05) is 0 Å². The zero-order valence-corrected chi connectivity index (χ0v) is 13.1. The summed E-state index contributed by atoms with van der Waals surface area (Å²) in [5, 5.41) is 14.0. The van der Waals surface area contributed by atoms with Gasteiger partial charge in [-0.1, -0.05) is 42.0 Å². The predicted molar refractivity (Wildman–Crippen MR) is 90.5 cm³/mol. The third kappa shape index (κ3) is 3.16. The van der Waals surface area contributed by atoms with Gasteiger partial charge in [-0.3, -0.25) is 4.79 Å². The largest absolute Gasteiger partial charge is 0.505 e. The number of aryl methyl sites for hydroxylation is 2. The fourth-order valence-corrected chi connectivity index (χ4v) is 2.44. The molecule has 0 atom stereocenters. The van der Waals surface area contributed by atoms with Crippen molar-refractivity contribution in [3.05, 3.63) is 70.9 Å². The molecule has 0 aliphatic carbocycles. The molecule has 2 aromatic carbocycles. The number of benzene rings is 2. The Morgan fingerprint density at radius 1 is 1.04 bits per heavy atom. The van der Waals surface area contributed by atoms with Crippen LogP contribution >= 0.6 is 0 Å². The highest BCUT2D eigenvalue weighted by Crippen LogP contribution is 2.27. The number of rotatable bonds is 3. The highest BCUT2D eigenvalue weighted by molar-refractivity contribution is 6.02. The second-order valence-corrected chi connectivity index (χ2v) is 5.65. The molecule has 0 unspecified atom stereocenters. The van der Waals surface area contributed by atoms with E-state index < -0.39 is 0 Å². The van der Waals surface area contributed by atoms with Gasteiger partial charge < -0.3 is 10.4 Å². The molecule has 0 aliphatic rings. The van der Waals surface area contributed by atoms with Crippen LogP contribution in [0.1, 0.15) is 27.2 Å². The van der Waals surface area contributed by atoms with E-state index in [0.29, 0.717) is 12.1 Å². The SMILES string of the molecule is Cc1ccc(CNC(=O)c2ccc3ccc(C)nc3c2O)cc1. The van der Waals surface area contributed by atoms with Gasteiger partial charge >= 0.3 is 0 Å². The Bertz CT molecular complexity index is 870. The normalized spacial score (nSPS) is 10.7. The van der Waals surface area contributed by atoms with E-state index in [2.05, 4.69) is 10.3 Å². The van der Waals surface area contributed by atoms with Gasteiger partial charge in [0.1, 0.15) is 5.52 Å². The van der Waals surface area contributed by atoms with Crippen LogP contribution < -0.4 is 5.32 Å². The first kappa shape index (κ1) is 15.0. The van der Waals surface area contributed by atoms with Gasteiger partial charge in [0.15, 0.2) is 5.75 Å². The van der Waals surface area contributed by atoms with E-state index in [1.54, 1.807) is 12.1 Å². The number of phenolic OH excluding ortho intramolecular Hbond substituents is 1. The number of aromatic nitrogens is 1. The molecule has 4 nitrogen and oxygen atoms in total. The maximum atomic E-state index is 12.3. The van der Waals surface area contributed by atoms with E-state index in [4.69, 9.17) is 0 Å². The van der Waals surface area contributed by atoms with E-state index in [1.807, 2.05) is 50.2 Å². The molecule has 116 valence electrons. The second kappa shape index (κ2) is 6.08. The minimum atomic E-state index is -0.312. The Hall–Kier alpha value is -2.88. The molecule has 4 heteroatoms. The molecular weight excluding hydrogens is 288 g/mol. The van der Waals surface area contributed by atoms with Crippen LogP contribution in [0.2, 0.25) is 0 Å². The van der Waals surface area contributed by atoms with Crippen molar-refractivity contribution in [1.82, 2.24) is 10.3 Å². The Morgan fingerprint density at radius 2 is 1.74 bits per heavy atom. The third-order valence-electron chi connectivity index (χ3n) is 3.79. The summed E-state index contributed by atoms with van der Waals surface area (Å²) in [5.74, 6) is -0.388. The maximum Gasteiger partial charge on any atom is 0.255 e. The monoisotopic (exact) mass is 306 g/mol. The van der Waals surface area contributed by atoms with E-state index >= 15 is 0 Å². The molecule has 0 saturated heterocycles. The van der Waals surface area contributed by atoms with Crippen LogP contribution in [0.3, 0.4) is 0 Å². The van der Waals surface area contributed by atoms with Gasteiger partial charge in [-0.15, -0.1) is 0 Å². The number of amides is 1. The lowest BCUT2D eigenvalue weighted by atomic mass is 10.1. The lowest BCUT2D eigenvalue weighted by Crippen LogP contribution is -2.22. The summed E-state index contributed by atoms with van der Waals surface area (Å²) < 4.78 is 0. The quantitative estimate of drug-likeness (QED) is 0.778. The molecule has 0 saturated carbocycles. The van der Waals surface area contributed by atoms with Crippen LogP contribution in [0.4, 0.5) is 0 Å². The number of aromatic hydroxyl groups is 1. The first-order valence-electron chi connectivity index (χ1n) is 7.47. The van der Waals surface area contributed by atoms with Gasteiger partial charge in [0.05, 0.1) is 5.56 Å². The molecule has 2 N–H and O–H groups in total. The lowest BCUT2D eigenvalue weighted by Gasteiger charge is -2.09. The Balaban J connectivity index is 1.83. The minimum Gasteiger partial charge on any atom is -0.505 e. The minimum absolute atomic E-state index is 0.0763. The molecule has 1 heterocycles. The average Bonchev–Trinajstić information content (AvgIpc) is 2.55. The molecule has 1 amide bonds. The van der Waals surface area contributed by atoms with E-state index in [1.165, 1.54) is 5.56 Å². The molecule has 0 bridgehead atoms. The van der Waals surface area contributed by atoms with Crippen molar-refractivity contribution in [3.63, 3.8) is 0 Å². The Labute approximate surface area is 134 Å². The van der Waals surface area contributed by atoms with E-state index in [9.17, 15) is 9.90 Å². The zero-order valence-electron chi connectivity index (χ0n) is 13.1. The third-order valence-corrected chi connectivity index (χ3v) is 3.79. The number of nitrogens with zero attached hydrogens (tertiary/aromatic N) is 1. The van der Waals surface area contributed by atoms with E-state index in [0.717, 1.165) is 16.6 Å². The highest BCUT2D eigenvalue weighted by atomic mass is 16.3. The molecule has 0 spiro atoms. The van der Waals surface area contributed by atoms with Crippen LogP contribution in [0.25, 0.3) is 10.9 Å². The number of pyridine rings is 1. The Kier molecular flexibility index (Phi) is 3.98. The molecule has 0 aliphatic heterocycles. The van der Waals surface area contributed by atoms with Crippen molar-refractivity contribution in [1.29, 1.82) is 0 Å². The summed E-state index contributed by atoms with van der Waals surface area (Å²) in [6, 6.07) is 15.1. The average molecular weight is 306 g/mol. The van der Waals surface area contributed by atoms with Gasteiger partial charge in [0, 0.05) is 17.6 Å². The van der Waals surface area contributed by atoms with Gasteiger partial charge in [0.25, 0.3) is 5.91 Å². The van der Waals surface area contributed by atoms with Crippen LogP contribution in [0.15, 0.2) is 48.5 Å². The molecule has 3 aromatic rings. The number of hydrogen-bond acceptors (Lipinski definition) is 3. The van der Waals surface area contributed by atoms with Gasteiger partial charge in [-0.05, 0) is 31.5 Å².